The lowest BCUT2D eigenvalue weighted by Crippen LogP contribution is -2.32. The molecular formula is C70H50O4S. The van der Waals surface area contributed by atoms with Gasteiger partial charge in [0.05, 0.1) is 10.8 Å². The number of hydrogen-bond acceptors (Lipinski definition) is 5. The highest BCUT2D eigenvalue weighted by atomic mass is 32.2. The molecule has 4 nitrogen and oxygen atoms in total. The molecule has 0 aromatic heterocycles. The second-order valence-corrected chi connectivity index (χ2v) is 20.3. The Morgan fingerprint density at radius 2 is 0.760 bits per heavy atom. The van der Waals surface area contributed by atoms with Crippen LogP contribution in [-0.2, 0) is 23.7 Å². The van der Waals surface area contributed by atoms with E-state index in [1.165, 1.54) is 0 Å². The van der Waals surface area contributed by atoms with Gasteiger partial charge in [-0.05, 0) is 152 Å². The van der Waals surface area contributed by atoms with E-state index in [1.807, 2.05) is 62.4 Å². The number of fused-ring (bicyclic) bond motifs is 6. The van der Waals surface area contributed by atoms with Crippen LogP contribution in [0.3, 0.4) is 0 Å². The number of carbonyl (C=O) groups is 2. The van der Waals surface area contributed by atoms with Crippen molar-refractivity contribution in [2.75, 3.05) is 13.2 Å². The van der Waals surface area contributed by atoms with Gasteiger partial charge < -0.3 is 9.47 Å². The van der Waals surface area contributed by atoms with E-state index in [9.17, 15) is 9.59 Å². The van der Waals surface area contributed by atoms with Gasteiger partial charge in [0.15, 0.2) is 11.6 Å². The normalized spacial score (nSPS) is 16.4. The topological polar surface area (TPSA) is 52.6 Å². The molecule has 0 saturated carbocycles. The van der Waals surface area contributed by atoms with Crippen LogP contribution in [0.5, 0.6) is 11.5 Å². The summed E-state index contributed by atoms with van der Waals surface area (Å²) in [5, 5.41) is 4.26. The van der Waals surface area contributed by atoms with Crippen LogP contribution in [0, 0.1) is 23.7 Å². The Morgan fingerprint density at radius 1 is 0.400 bits per heavy atom. The summed E-state index contributed by atoms with van der Waals surface area (Å²) in [7, 11) is 0. The van der Waals surface area contributed by atoms with Crippen LogP contribution >= 0.6 is 11.8 Å². The van der Waals surface area contributed by atoms with Crippen LogP contribution in [-0.4, -0.2) is 24.8 Å². The second-order valence-electron chi connectivity index (χ2n) is 19.1. The van der Waals surface area contributed by atoms with E-state index in [-0.39, 0.29) is 11.6 Å². The maximum Gasteiger partial charge on any atom is 0.167 e. The van der Waals surface area contributed by atoms with Gasteiger partial charge >= 0.3 is 0 Å². The molecule has 10 aromatic rings. The predicted octanol–water partition coefficient (Wildman–Crippen LogP) is 15.2. The first-order chi connectivity index (χ1) is 36.9. The molecule has 5 heteroatoms. The fourth-order valence-corrected chi connectivity index (χ4v) is 12.6. The van der Waals surface area contributed by atoms with Crippen molar-refractivity contribution in [1.29, 1.82) is 0 Å². The van der Waals surface area contributed by atoms with Gasteiger partial charge in [0, 0.05) is 33.8 Å². The number of hydrogen-bond donors (Lipinski definition) is 0. The zero-order valence-electron chi connectivity index (χ0n) is 41.7. The lowest BCUT2D eigenvalue weighted by molar-refractivity contribution is 0.0984. The first-order valence-corrected chi connectivity index (χ1v) is 26.1. The number of benzene rings is 10. The molecule has 0 heterocycles. The Hall–Kier alpha value is -8.87. The molecule has 0 spiro atoms. The summed E-state index contributed by atoms with van der Waals surface area (Å²) in [6, 6.07) is 76.7. The molecule has 2 unspecified atom stereocenters. The van der Waals surface area contributed by atoms with Crippen LogP contribution in [0.2, 0.25) is 0 Å². The molecular weight excluding hydrogens is 937 g/mol. The Kier molecular flexibility index (Phi) is 12.5. The number of ether oxygens (including phenoxy) is 2. The van der Waals surface area contributed by atoms with Gasteiger partial charge in [-0.25, -0.2) is 0 Å². The third-order valence-electron chi connectivity index (χ3n) is 15.1. The van der Waals surface area contributed by atoms with Crippen LogP contribution in [0.4, 0.5) is 0 Å². The van der Waals surface area contributed by atoms with Gasteiger partial charge in [0.1, 0.15) is 24.7 Å². The highest BCUT2D eigenvalue weighted by Gasteiger charge is 2.46. The Labute approximate surface area is 442 Å². The van der Waals surface area contributed by atoms with E-state index in [0.29, 0.717) is 26.1 Å². The van der Waals surface area contributed by atoms with Crippen molar-refractivity contribution < 1.29 is 19.1 Å². The predicted molar refractivity (Wildman–Crippen MR) is 303 cm³/mol. The van der Waals surface area contributed by atoms with Crippen LogP contribution in [0.1, 0.15) is 90.2 Å². The van der Waals surface area contributed by atoms with Crippen LogP contribution in [0.25, 0.3) is 21.5 Å². The van der Waals surface area contributed by atoms with Gasteiger partial charge in [-0.15, -0.1) is 11.8 Å². The van der Waals surface area contributed by atoms with Gasteiger partial charge in [0.25, 0.3) is 0 Å². The first-order valence-electron chi connectivity index (χ1n) is 25.3. The number of carbonyl (C=O) groups excluding carboxylic acids is 2. The lowest BCUT2D eigenvalue weighted by atomic mass is 9.63. The van der Waals surface area contributed by atoms with Crippen molar-refractivity contribution in [3.8, 4) is 35.2 Å². The SMILES string of the molecule is CC#CCOc1ccc2cc(C3(c4ccc(Sc5ccc(C6(c7ccc8cc(OCC#CC)ccc8c7)c7ccccc7CC(=O)c7ccccc76)cc5)cc4)c4ccccc4CC(=O)c4ccccc43)ccc2c1. The van der Waals surface area contributed by atoms with E-state index in [2.05, 4.69) is 194 Å². The van der Waals surface area contributed by atoms with E-state index >= 15 is 0 Å². The summed E-state index contributed by atoms with van der Waals surface area (Å²) in [5.41, 5.74) is 10.3. The number of ketones is 2. The van der Waals surface area contributed by atoms with Gasteiger partial charge in [-0.3, -0.25) is 9.59 Å². The molecule has 2 atom stereocenters. The highest BCUT2D eigenvalue weighted by Crippen LogP contribution is 2.52. The maximum absolute atomic E-state index is 14.3. The zero-order valence-corrected chi connectivity index (χ0v) is 42.5. The minimum atomic E-state index is -0.812. The molecule has 2 aliphatic rings. The Bertz CT molecular complexity index is 3760. The van der Waals surface area contributed by atoms with Crippen molar-refractivity contribution in [3.05, 3.63) is 285 Å². The van der Waals surface area contributed by atoms with Gasteiger partial charge in [0.2, 0.25) is 0 Å². The minimum absolute atomic E-state index is 0.107. The highest BCUT2D eigenvalue weighted by molar-refractivity contribution is 7.99. The van der Waals surface area contributed by atoms with Crippen molar-refractivity contribution in [3.63, 3.8) is 0 Å². The first kappa shape index (κ1) is 47.2. The minimum Gasteiger partial charge on any atom is -0.481 e. The number of rotatable bonds is 10. The monoisotopic (exact) mass is 986 g/mol. The second kappa shape index (κ2) is 19.9. The van der Waals surface area contributed by atoms with Gasteiger partial charge in [-0.1, -0.05) is 181 Å². The largest absolute Gasteiger partial charge is 0.481 e. The van der Waals surface area contributed by atoms with E-state index in [0.717, 1.165) is 110 Å². The van der Waals surface area contributed by atoms with E-state index < -0.39 is 10.8 Å². The molecule has 0 aliphatic heterocycles. The van der Waals surface area contributed by atoms with Crippen molar-refractivity contribution in [2.24, 2.45) is 0 Å². The molecule has 2 aliphatic carbocycles. The third kappa shape index (κ3) is 8.27. The molecule has 360 valence electrons. The lowest BCUT2D eigenvalue weighted by Gasteiger charge is -2.38. The summed E-state index contributed by atoms with van der Waals surface area (Å²) in [6.45, 7) is 4.29. The van der Waals surface area contributed by atoms with Crippen LogP contribution < -0.4 is 9.47 Å². The van der Waals surface area contributed by atoms with Gasteiger partial charge in [-0.2, -0.15) is 0 Å². The van der Waals surface area contributed by atoms with Crippen molar-refractivity contribution in [2.45, 2.75) is 47.3 Å². The molecule has 0 amide bonds. The molecule has 12 rings (SSSR count). The Morgan fingerprint density at radius 3 is 1.19 bits per heavy atom. The number of Topliss-reactive ketones (excluding diaryl/α,β-unsaturated/α-hetero) is 2. The average molecular weight is 987 g/mol. The molecule has 0 N–H and O–H groups in total. The van der Waals surface area contributed by atoms with E-state index in [1.54, 1.807) is 11.8 Å². The smallest absolute Gasteiger partial charge is 0.167 e. The summed E-state index contributed by atoms with van der Waals surface area (Å²) >= 11 is 1.71. The summed E-state index contributed by atoms with van der Waals surface area (Å²) < 4.78 is 11.9. The quantitative estimate of drug-likeness (QED) is 0.128. The molecule has 0 radical (unpaired) electrons. The summed E-state index contributed by atoms with van der Waals surface area (Å²) in [4.78, 5) is 30.7. The third-order valence-corrected chi connectivity index (χ3v) is 16.1. The van der Waals surface area contributed by atoms with Crippen molar-refractivity contribution >= 4 is 44.9 Å². The average Bonchev–Trinajstić information content (AvgIpc) is 3.78. The summed E-state index contributed by atoms with van der Waals surface area (Å²) in [5.74, 6) is 13.5. The Balaban J connectivity index is 0.957. The van der Waals surface area contributed by atoms with Crippen molar-refractivity contribution in [1.82, 2.24) is 0 Å². The fourth-order valence-electron chi connectivity index (χ4n) is 11.7. The standard InChI is InChI=1S/C70H50O4S/c1-3-5-39-73-57-33-25-47-41-55(27-23-49(47)43-57)69(63-19-11-7-15-51(63)45-67(71)61-17-9-13-21-65(61)69)53-29-35-59(36-30-53)75-60-37-31-54(32-38-60)70(56-28-24-50-44-58(74-40-6-4-2)34-26-48(50)42-56)64-20-12-8-16-52(64)46-68(72)62-18-10-14-22-66(62)70/h7-38,41-44H,39-40,45-46H2,1-2H3. The molecule has 10 aromatic carbocycles. The molecule has 0 fully saturated rings. The molecule has 0 saturated heterocycles. The van der Waals surface area contributed by atoms with E-state index in [4.69, 9.17) is 9.47 Å². The zero-order chi connectivity index (χ0) is 50.9. The molecule has 75 heavy (non-hydrogen) atoms. The molecule has 0 bridgehead atoms. The maximum atomic E-state index is 14.3. The van der Waals surface area contributed by atoms with Crippen LogP contribution in [0.15, 0.2) is 228 Å². The summed E-state index contributed by atoms with van der Waals surface area (Å²) in [6.07, 6.45) is 0.629. The fraction of sp³-hybridized carbons (Fsp3) is 0.114.